The van der Waals surface area contributed by atoms with E-state index in [0.717, 1.165) is 12.1 Å². The van der Waals surface area contributed by atoms with Crippen LogP contribution in [0.2, 0.25) is 0 Å². The van der Waals surface area contributed by atoms with E-state index in [1.54, 1.807) is 0 Å². The number of fused-ring (bicyclic) bond motifs is 1. The summed E-state index contributed by atoms with van der Waals surface area (Å²) in [6, 6.07) is 7.72. The molecule has 5 unspecified atom stereocenters. The number of carboxylic acid groups (broad SMARTS) is 1. The zero-order chi connectivity index (χ0) is 24.0. The van der Waals surface area contributed by atoms with Crippen molar-refractivity contribution in [1.29, 1.82) is 0 Å². The minimum absolute atomic E-state index is 0.00569. The summed E-state index contributed by atoms with van der Waals surface area (Å²) in [5.41, 5.74) is -0.528. The molecular weight excluding hydrogens is 444 g/mol. The quantitative estimate of drug-likeness (QED) is 0.270. The van der Waals surface area contributed by atoms with Crippen LogP contribution in [0.25, 0.3) is 22.3 Å². The lowest BCUT2D eigenvalue weighted by atomic mass is 9.99. The van der Waals surface area contributed by atoms with Gasteiger partial charge in [0.1, 0.15) is 40.8 Å². The summed E-state index contributed by atoms with van der Waals surface area (Å²) in [6.07, 6.45) is -9.81. The lowest BCUT2D eigenvalue weighted by Gasteiger charge is -2.38. The van der Waals surface area contributed by atoms with Crippen LogP contribution < -0.4 is 10.2 Å². The predicted octanol–water partition coefficient (Wildman–Crippen LogP) is -0.152. The number of aromatic hydroxyl groups is 3. The molecule has 1 fully saturated rings. The number of hydrogen-bond acceptors (Lipinski definition) is 11. The predicted molar refractivity (Wildman–Crippen MR) is 108 cm³/mol. The maximum absolute atomic E-state index is 12.7. The van der Waals surface area contributed by atoms with Crippen LogP contribution in [-0.2, 0) is 9.53 Å². The third-order valence-corrected chi connectivity index (χ3v) is 5.13. The smallest absolute Gasteiger partial charge is 0.335 e. The van der Waals surface area contributed by atoms with Gasteiger partial charge in [0.15, 0.2) is 23.0 Å². The van der Waals surface area contributed by atoms with Crippen molar-refractivity contribution in [2.75, 3.05) is 0 Å². The van der Waals surface area contributed by atoms with Gasteiger partial charge in [0.2, 0.25) is 12.0 Å². The van der Waals surface area contributed by atoms with Crippen molar-refractivity contribution in [3.8, 4) is 34.3 Å². The highest BCUT2D eigenvalue weighted by Crippen LogP contribution is 2.43. The zero-order valence-corrected chi connectivity index (χ0v) is 16.5. The molecule has 1 aromatic heterocycles. The Balaban J connectivity index is 1.74. The average molecular weight is 462 g/mol. The van der Waals surface area contributed by atoms with Gasteiger partial charge < -0.3 is 49.6 Å². The Morgan fingerprint density at radius 1 is 0.939 bits per heavy atom. The molecule has 0 spiro atoms. The molecule has 1 aliphatic heterocycles. The maximum Gasteiger partial charge on any atom is 0.335 e. The van der Waals surface area contributed by atoms with E-state index in [1.807, 2.05) is 0 Å². The topological polar surface area (TPSA) is 207 Å². The first-order valence-electron chi connectivity index (χ1n) is 9.49. The third-order valence-electron chi connectivity index (χ3n) is 5.13. The van der Waals surface area contributed by atoms with Gasteiger partial charge in [-0.3, -0.25) is 4.79 Å². The molecule has 7 N–H and O–H groups in total. The number of benzene rings is 2. The number of carbonyl (C=O) groups is 1. The second-order valence-electron chi connectivity index (χ2n) is 7.32. The molecule has 5 atom stereocenters. The van der Waals surface area contributed by atoms with E-state index < -0.39 is 64.7 Å². The van der Waals surface area contributed by atoms with Crippen molar-refractivity contribution in [1.82, 2.24) is 0 Å². The van der Waals surface area contributed by atoms with Gasteiger partial charge in [-0.2, -0.15) is 0 Å². The molecule has 1 saturated heterocycles. The summed E-state index contributed by atoms with van der Waals surface area (Å²) < 4.78 is 15.8. The fraction of sp³-hybridized carbons (Fsp3) is 0.238. The number of aliphatic hydroxyl groups is 3. The van der Waals surface area contributed by atoms with E-state index in [-0.39, 0.29) is 17.1 Å². The molecule has 174 valence electrons. The van der Waals surface area contributed by atoms with Gasteiger partial charge in [0, 0.05) is 17.7 Å². The van der Waals surface area contributed by atoms with Crippen molar-refractivity contribution in [2.45, 2.75) is 30.7 Å². The largest absolute Gasteiger partial charge is 0.508 e. The minimum Gasteiger partial charge on any atom is -0.508 e. The van der Waals surface area contributed by atoms with Gasteiger partial charge in [-0.05, 0) is 24.3 Å². The fourth-order valence-electron chi connectivity index (χ4n) is 3.42. The molecule has 0 amide bonds. The summed E-state index contributed by atoms with van der Waals surface area (Å²) in [5.74, 6) is -3.98. The highest BCUT2D eigenvalue weighted by molar-refractivity contribution is 5.89. The minimum atomic E-state index is -1.98. The van der Waals surface area contributed by atoms with Gasteiger partial charge in [0.25, 0.3) is 0 Å². The molecule has 2 heterocycles. The van der Waals surface area contributed by atoms with Crippen LogP contribution >= 0.6 is 0 Å². The van der Waals surface area contributed by atoms with E-state index >= 15 is 0 Å². The fourth-order valence-corrected chi connectivity index (χ4v) is 3.42. The molecule has 12 nitrogen and oxygen atoms in total. The van der Waals surface area contributed by atoms with Gasteiger partial charge >= 0.3 is 5.97 Å². The molecule has 0 bridgehead atoms. The second kappa shape index (κ2) is 8.26. The standard InChI is InChI=1S/C21H18O12/c22-8-3-1-7(2-4-8)11-5-9(23)13-12(31-11)6-10(24)18(14(13)25)32-21-17(28)15(26)16(27)19(33-21)20(29)30/h1-6,15-17,19,21-22,24-28H,(H,29,30). The summed E-state index contributed by atoms with van der Waals surface area (Å²) in [6.45, 7) is 0. The molecule has 3 aromatic rings. The highest BCUT2D eigenvalue weighted by atomic mass is 16.7. The Labute approximate surface area is 183 Å². The number of aliphatic carboxylic acids is 1. The molecular formula is C21H18O12. The van der Waals surface area contributed by atoms with Crippen LogP contribution in [0.4, 0.5) is 0 Å². The average Bonchev–Trinajstić information content (AvgIpc) is 2.76. The Hall–Kier alpha value is -3.84. The van der Waals surface area contributed by atoms with Crippen molar-refractivity contribution in [2.24, 2.45) is 0 Å². The van der Waals surface area contributed by atoms with E-state index in [2.05, 4.69) is 0 Å². The molecule has 0 saturated carbocycles. The lowest BCUT2D eigenvalue weighted by Crippen LogP contribution is -2.61. The maximum atomic E-state index is 12.7. The van der Waals surface area contributed by atoms with Crippen LogP contribution in [0.15, 0.2) is 45.6 Å². The number of aliphatic hydroxyl groups excluding tert-OH is 3. The van der Waals surface area contributed by atoms with Crippen LogP contribution in [0, 0.1) is 0 Å². The number of rotatable bonds is 4. The van der Waals surface area contributed by atoms with Crippen LogP contribution in [-0.4, -0.2) is 72.4 Å². The van der Waals surface area contributed by atoms with Gasteiger partial charge in [-0.25, -0.2) is 4.79 Å². The normalized spacial score (nSPS) is 25.1. The molecule has 2 aromatic carbocycles. The summed E-state index contributed by atoms with van der Waals surface area (Å²) in [4.78, 5) is 23.9. The second-order valence-corrected chi connectivity index (χ2v) is 7.32. The van der Waals surface area contributed by atoms with Crippen LogP contribution in [0.1, 0.15) is 0 Å². The van der Waals surface area contributed by atoms with Crippen molar-refractivity contribution in [3.63, 3.8) is 0 Å². The Morgan fingerprint density at radius 2 is 1.61 bits per heavy atom. The van der Waals surface area contributed by atoms with E-state index in [1.165, 1.54) is 24.3 Å². The molecule has 1 aliphatic rings. The molecule has 0 aliphatic carbocycles. The Kier molecular flexibility index (Phi) is 5.59. The van der Waals surface area contributed by atoms with Gasteiger partial charge in [-0.15, -0.1) is 0 Å². The molecule has 33 heavy (non-hydrogen) atoms. The summed E-state index contributed by atoms with van der Waals surface area (Å²) in [7, 11) is 0. The van der Waals surface area contributed by atoms with E-state index in [9.17, 15) is 40.2 Å². The number of hydrogen-bond donors (Lipinski definition) is 7. The van der Waals surface area contributed by atoms with E-state index in [0.29, 0.717) is 5.56 Å². The number of phenolic OH excluding ortho intramolecular Hbond substituents is 3. The number of ether oxygens (including phenoxy) is 2. The Morgan fingerprint density at radius 3 is 2.24 bits per heavy atom. The monoisotopic (exact) mass is 462 g/mol. The van der Waals surface area contributed by atoms with Gasteiger partial charge in [-0.1, -0.05) is 0 Å². The number of carboxylic acids is 1. The van der Waals surface area contributed by atoms with Gasteiger partial charge in [0.05, 0.1) is 0 Å². The zero-order valence-electron chi connectivity index (χ0n) is 16.5. The van der Waals surface area contributed by atoms with Crippen molar-refractivity contribution < 1.29 is 54.4 Å². The lowest BCUT2D eigenvalue weighted by molar-refractivity contribution is -0.271. The first kappa shape index (κ1) is 22.4. The van der Waals surface area contributed by atoms with E-state index in [4.69, 9.17) is 19.0 Å². The number of phenols is 3. The van der Waals surface area contributed by atoms with Crippen molar-refractivity contribution >= 4 is 16.9 Å². The van der Waals surface area contributed by atoms with Crippen LogP contribution in [0.3, 0.4) is 0 Å². The first-order valence-corrected chi connectivity index (χ1v) is 9.49. The first-order chi connectivity index (χ1) is 15.6. The highest BCUT2D eigenvalue weighted by Gasteiger charge is 2.48. The Bertz CT molecular complexity index is 1260. The molecule has 4 rings (SSSR count). The summed E-state index contributed by atoms with van der Waals surface area (Å²) in [5, 5.41) is 68.8. The SMILES string of the molecule is O=C(O)C1OC(Oc2c(O)cc3oc(-c4ccc(O)cc4)cc(=O)c3c2O)C(O)C(O)C1O. The summed E-state index contributed by atoms with van der Waals surface area (Å²) >= 11 is 0. The van der Waals surface area contributed by atoms with Crippen molar-refractivity contribution in [3.05, 3.63) is 46.6 Å². The molecule has 12 heteroatoms. The third kappa shape index (κ3) is 3.91. The molecule has 0 radical (unpaired) electrons. The van der Waals surface area contributed by atoms with Crippen LogP contribution in [0.5, 0.6) is 23.0 Å².